The van der Waals surface area contributed by atoms with Crippen molar-refractivity contribution in [3.05, 3.63) is 90.5 Å². The summed E-state index contributed by atoms with van der Waals surface area (Å²) in [5.74, 6) is 0.251. The lowest BCUT2D eigenvalue weighted by Crippen LogP contribution is -2.43. The second kappa shape index (κ2) is 9.13. The quantitative estimate of drug-likeness (QED) is 0.586. The summed E-state index contributed by atoms with van der Waals surface area (Å²) >= 11 is 0. The minimum atomic E-state index is -0.606. The highest BCUT2D eigenvalue weighted by molar-refractivity contribution is 5.97. The van der Waals surface area contributed by atoms with E-state index in [4.69, 9.17) is 14.2 Å². The summed E-state index contributed by atoms with van der Waals surface area (Å²) in [5, 5.41) is 0. The van der Waals surface area contributed by atoms with Gasteiger partial charge < -0.3 is 14.2 Å². The van der Waals surface area contributed by atoms with Gasteiger partial charge in [-0.25, -0.2) is 4.79 Å². The van der Waals surface area contributed by atoms with Gasteiger partial charge in [-0.1, -0.05) is 60.7 Å². The smallest absolute Gasteiger partial charge is 0.344 e. The molecule has 1 unspecified atom stereocenters. The fraction of sp³-hybridized carbons (Fsp3) is 0.167. The number of carbonyl (C=O) groups is 2. The summed E-state index contributed by atoms with van der Waals surface area (Å²) in [6.07, 6.45) is 0. The Morgan fingerprint density at radius 2 is 1.53 bits per heavy atom. The van der Waals surface area contributed by atoms with Crippen LogP contribution in [0.1, 0.15) is 11.6 Å². The lowest BCUT2D eigenvalue weighted by Gasteiger charge is -2.37. The molecule has 1 atom stereocenters. The summed E-state index contributed by atoms with van der Waals surface area (Å²) in [4.78, 5) is 26.8. The van der Waals surface area contributed by atoms with Crippen molar-refractivity contribution in [3.8, 4) is 11.5 Å². The second-order valence-corrected chi connectivity index (χ2v) is 6.73. The lowest BCUT2D eigenvalue weighted by atomic mass is 10.0. The number of esters is 1. The third-order valence-electron chi connectivity index (χ3n) is 4.74. The van der Waals surface area contributed by atoms with Crippen LogP contribution in [0.15, 0.2) is 84.9 Å². The van der Waals surface area contributed by atoms with E-state index in [9.17, 15) is 9.59 Å². The number of ether oxygens (including phenoxy) is 3. The predicted molar refractivity (Wildman–Crippen MR) is 112 cm³/mol. The van der Waals surface area contributed by atoms with Gasteiger partial charge in [-0.3, -0.25) is 9.69 Å². The van der Waals surface area contributed by atoms with Gasteiger partial charge in [-0.15, -0.1) is 0 Å². The largest absolute Gasteiger partial charge is 0.489 e. The zero-order valence-corrected chi connectivity index (χ0v) is 16.3. The molecule has 0 N–H and O–H groups in total. The Labute approximate surface area is 174 Å². The highest BCUT2D eigenvalue weighted by atomic mass is 16.6. The normalized spacial score (nSPS) is 14.9. The molecule has 0 aromatic heterocycles. The molecule has 0 bridgehead atoms. The molecule has 30 heavy (non-hydrogen) atoms. The number of benzene rings is 3. The van der Waals surface area contributed by atoms with Crippen molar-refractivity contribution in [2.75, 3.05) is 24.7 Å². The Balaban J connectivity index is 1.45. The summed E-state index contributed by atoms with van der Waals surface area (Å²) in [5.41, 5.74) is 1.60. The number of anilines is 1. The summed E-state index contributed by atoms with van der Waals surface area (Å²) in [6.45, 7) is -0.328. The number of carbonyl (C=O) groups excluding carboxylic acids is 2. The molecular formula is C24H21NO5. The lowest BCUT2D eigenvalue weighted by molar-refractivity contribution is -0.150. The van der Waals surface area contributed by atoms with E-state index in [0.717, 1.165) is 5.56 Å². The Kier molecular flexibility index (Phi) is 5.94. The second-order valence-electron chi connectivity index (χ2n) is 6.73. The number of hydrogen-bond acceptors (Lipinski definition) is 5. The van der Waals surface area contributed by atoms with Crippen LogP contribution < -0.4 is 14.4 Å². The first-order valence-corrected chi connectivity index (χ1v) is 9.64. The van der Waals surface area contributed by atoms with E-state index in [-0.39, 0.29) is 25.2 Å². The Morgan fingerprint density at radius 3 is 2.30 bits per heavy atom. The molecule has 0 saturated heterocycles. The summed E-state index contributed by atoms with van der Waals surface area (Å²) in [7, 11) is 0. The van der Waals surface area contributed by atoms with Crippen LogP contribution in [0.4, 0.5) is 5.69 Å². The first-order chi connectivity index (χ1) is 14.7. The highest BCUT2D eigenvalue weighted by Crippen LogP contribution is 2.39. The van der Waals surface area contributed by atoms with Crippen molar-refractivity contribution < 1.29 is 23.8 Å². The molecule has 1 aliphatic heterocycles. The van der Waals surface area contributed by atoms with Crippen molar-refractivity contribution in [2.24, 2.45) is 0 Å². The monoisotopic (exact) mass is 403 g/mol. The van der Waals surface area contributed by atoms with Crippen molar-refractivity contribution in [1.29, 1.82) is 0 Å². The first-order valence-electron chi connectivity index (χ1n) is 9.64. The van der Waals surface area contributed by atoms with Crippen LogP contribution in [0.5, 0.6) is 11.5 Å². The third-order valence-corrected chi connectivity index (χ3v) is 4.74. The van der Waals surface area contributed by atoms with Gasteiger partial charge in [-0.2, -0.15) is 0 Å². The first kappa shape index (κ1) is 19.5. The van der Waals surface area contributed by atoms with Gasteiger partial charge in [0.15, 0.2) is 13.2 Å². The zero-order valence-electron chi connectivity index (χ0n) is 16.3. The number of para-hydroxylation sites is 3. The summed E-state index contributed by atoms with van der Waals surface area (Å²) in [6, 6.07) is 25.6. The number of nitrogens with zero attached hydrogens (tertiary/aromatic N) is 1. The van der Waals surface area contributed by atoms with Crippen LogP contribution in [-0.4, -0.2) is 31.7 Å². The van der Waals surface area contributed by atoms with Crippen molar-refractivity contribution in [1.82, 2.24) is 0 Å². The van der Waals surface area contributed by atoms with Crippen LogP contribution >= 0.6 is 0 Å². The summed E-state index contributed by atoms with van der Waals surface area (Å²) < 4.78 is 16.4. The number of fused-ring (bicyclic) bond motifs is 1. The van der Waals surface area contributed by atoms with Crippen LogP contribution in [0, 0.1) is 0 Å². The molecule has 3 aromatic carbocycles. The predicted octanol–water partition coefficient (Wildman–Crippen LogP) is 3.78. The molecule has 1 amide bonds. The van der Waals surface area contributed by atoms with Crippen LogP contribution in [0.2, 0.25) is 0 Å². The van der Waals surface area contributed by atoms with Crippen molar-refractivity contribution in [3.63, 3.8) is 0 Å². The molecule has 0 fully saturated rings. The standard InChI is InChI=1S/C24H21NO5/c26-23(16-30-24(27)17-28-19-11-5-2-6-12-19)25-20-13-7-8-14-22(20)29-15-21(25)18-9-3-1-4-10-18/h1-14,21H,15-17H2. The molecule has 4 rings (SSSR count). The Bertz CT molecular complexity index is 1010. The fourth-order valence-electron chi connectivity index (χ4n) is 3.33. The molecule has 0 radical (unpaired) electrons. The maximum atomic E-state index is 13.1. The van der Waals surface area contributed by atoms with Gasteiger partial charge in [0.05, 0.1) is 11.7 Å². The zero-order chi connectivity index (χ0) is 20.8. The van der Waals surface area contributed by atoms with Gasteiger partial charge in [0.2, 0.25) is 0 Å². The van der Waals surface area contributed by atoms with Gasteiger partial charge in [0.25, 0.3) is 5.91 Å². The number of rotatable bonds is 6. The van der Waals surface area contributed by atoms with Gasteiger partial charge in [0.1, 0.15) is 18.1 Å². The molecular weight excluding hydrogens is 382 g/mol. The van der Waals surface area contributed by atoms with Crippen LogP contribution in [-0.2, 0) is 14.3 Å². The maximum Gasteiger partial charge on any atom is 0.344 e. The molecule has 1 heterocycles. The Morgan fingerprint density at radius 1 is 0.867 bits per heavy atom. The van der Waals surface area contributed by atoms with E-state index >= 15 is 0 Å². The van der Waals surface area contributed by atoms with Gasteiger partial charge >= 0.3 is 5.97 Å². The molecule has 1 aliphatic rings. The Hall–Kier alpha value is -3.80. The van der Waals surface area contributed by atoms with Crippen LogP contribution in [0.3, 0.4) is 0 Å². The molecule has 0 spiro atoms. The topological polar surface area (TPSA) is 65.1 Å². The van der Waals surface area contributed by atoms with E-state index in [1.807, 2.05) is 72.8 Å². The highest BCUT2D eigenvalue weighted by Gasteiger charge is 2.33. The van der Waals surface area contributed by atoms with Gasteiger partial charge in [-0.05, 0) is 29.8 Å². The van der Waals surface area contributed by atoms with Gasteiger partial charge in [0, 0.05) is 0 Å². The average molecular weight is 403 g/mol. The minimum Gasteiger partial charge on any atom is -0.489 e. The number of hydrogen-bond donors (Lipinski definition) is 0. The molecule has 0 saturated carbocycles. The average Bonchev–Trinajstić information content (AvgIpc) is 2.81. The van der Waals surface area contributed by atoms with E-state index in [1.165, 1.54) is 0 Å². The van der Waals surface area contributed by atoms with E-state index in [1.54, 1.807) is 17.0 Å². The van der Waals surface area contributed by atoms with Crippen LogP contribution in [0.25, 0.3) is 0 Å². The molecule has 6 nitrogen and oxygen atoms in total. The van der Waals surface area contributed by atoms with Crippen molar-refractivity contribution in [2.45, 2.75) is 6.04 Å². The van der Waals surface area contributed by atoms with E-state index in [2.05, 4.69) is 0 Å². The number of amides is 1. The molecule has 0 aliphatic carbocycles. The minimum absolute atomic E-state index is 0.265. The SMILES string of the molecule is O=C(COc1ccccc1)OCC(=O)N1c2ccccc2OCC1c1ccccc1. The molecule has 6 heteroatoms. The molecule has 152 valence electrons. The van der Waals surface area contributed by atoms with E-state index in [0.29, 0.717) is 23.8 Å². The molecule has 3 aromatic rings. The maximum absolute atomic E-state index is 13.1. The van der Waals surface area contributed by atoms with Crippen molar-refractivity contribution >= 4 is 17.6 Å². The third kappa shape index (κ3) is 4.43. The van der Waals surface area contributed by atoms with E-state index < -0.39 is 5.97 Å². The fourth-order valence-corrected chi connectivity index (χ4v) is 3.33.